The van der Waals surface area contributed by atoms with Gasteiger partial charge in [-0.3, -0.25) is 4.79 Å². The van der Waals surface area contributed by atoms with Crippen molar-refractivity contribution in [3.63, 3.8) is 0 Å². The van der Waals surface area contributed by atoms with E-state index in [1.807, 2.05) is 24.3 Å². The van der Waals surface area contributed by atoms with Crippen LogP contribution in [0.4, 0.5) is 5.00 Å². The molecule has 0 aliphatic heterocycles. The zero-order chi connectivity index (χ0) is 18.4. The van der Waals surface area contributed by atoms with Crippen molar-refractivity contribution in [1.82, 2.24) is 0 Å². The second-order valence-electron chi connectivity index (χ2n) is 6.61. The number of thiophene rings is 1. The first kappa shape index (κ1) is 18.5. The molecule has 0 unspecified atom stereocenters. The van der Waals surface area contributed by atoms with Crippen LogP contribution in [0.15, 0.2) is 24.3 Å². The van der Waals surface area contributed by atoms with Crippen molar-refractivity contribution < 1.29 is 9.53 Å². The van der Waals surface area contributed by atoms with E-state index in [1.54, 1.807) is 11.3 Å². The molecule has 5 heteroatoms. The minimum atomic E-state index is -0.226. The van der Waals surface area contributed by atoms with Crippen molar-refractivity contribution in [2.24, 2.45) is 0 Å². The van der Waals surface area contributed by atoms with E-state index in [9.17, 15) is 10.1 Å². The predicted molar refractivity (Wildman–Crippen MR) is 105 cm³/mol. The highest BCUT2D eigenvalue weighted by Gasteiger charge is 2.21. The Labute approximate surface area is 158 Å². The molecule has 1 aliphatic carbocycles. The lowest BCUT2D eigenvalue weighted by atomic mass is 10.1. The molecule has 0 saturated heterocycles. The number of nitrogens with zero attached hydrogens (tertiary/aromatic N) is 1. The second-order valence-corrected chi connectivity index (χ2v) is 7.72. The van der Waals surface area contributed by atoms with E-state index in [1.165, 1.54) is 16.9 Å². The Morgan fingerprint density at radius 3 is 2.73 bits per heavy atom. The van der Waals surface area contributed by atoms with Crippen LogP contribution in [0.1, 0.15) is 54.2 Å². The summed E-state index contributed by atoms with van der Waals surface area (Å²) in [4.78, 5) is 13.5. The normalized spacial score (nSPS) is 13.4. The summed E-state index contributed by atoms with van der Waals surface area (Å²) in [6.45, 7) is 2.09. The third-order valence-electron chi connectivity index (χ3n) is 4.62. The number of anilines is 1. The molecule has 1 aromatic carbocycles. The average Bonchev–Trinajstić information content (AvgIpc) is 2.81. The first-order valence-corrected chi connectivity index (χ1v) is 10.1. The monoisotopic (exact) mass is 368 g/mol. The summed E-state index contributed by atoms with van der Waals surface area (Å²) in [5.41, 5.74) is 3.05. The minimum absolute atomic E-state index is 0.0550. The maximum atomic E-state index is 12.3. The Morgan fingerprint density at radius 2 is 2.00 bits per heavy atom. The van der Waals surface area contributed by atoms with Gasteiger partial charge >= 0.3 is 0 Å². The standard InChI is InChI=1S/C21H24N2O2S/c1-2-6-15-9-11-16(12-10-15)25-14-20(24)23-21-18(13-22)17-7-4-3-5-8-19(17)26-21/h9-12H,2-8,14H2,1H3,(H,23,24). The van der Waals surface area contributed by atoms with Gasteiger partial charge in [0.25, 0.3) is 5.91 Å². The molecule has 2 aromatic rings. The van der Waals surface area contributed by atoms with Gasteiger partial charge < -0.3 is 10.1 Å². The fourth-order valence-corrected chi connectivity index (χ4v) is 4.56. The Bertz CT molecular complexity index is 803. The Balaban J connectivity index is 1.60. The number of amides is 1. The molecule has 3 rings (SSSR count). The van der Waals surface area contributed by atoms with Gasteiger partial charge in [-0.1, -0.05) is 31.9 Å². The molecular weight excluding hydrogens is 344 g/mol. The summed E-state index contributed by atoms with van der Waals surface area (Å²) in [7, 11) is 0. The summed E-state index contributed by atoms with van der Waals surface area (Å²) in [6, 6.07) is 10.1. The quantitative estimate of drug-likeness (QED) is 0.741. The third-order valence-corrected chi connectivity index (χ3v) is 5.83. The number of carbonyl (C=O) groups is 1. The van der Waals surface area contributed by atoms with Gasteiger partial charge in [0.1, 0.15) is 16.8 Å². The van der Waals surface area contributed by atoms with Gasteiger partial charge in [-0.05, 0) is 55.4 Å². The number of carbonyl (C=O) groups excluding carboxylic acids is 1. The maximum absolute atomic E-state index is 12.3. The summed E-state index contributed by atoms with van der Waals surface area (Å²) >= 11 is 1.55. The van der Waals surface area contributed by atoms with E-state index < -0.39 is 0 Å². The predicted octanol–water partition coefficient (Wildman–Crippen LogP) is 4.86. The van der Waals surface area contributed by atoms with Gasteiger partial charge in [0.15, 0.2) is 6.61 Å². The van der Waals surface area contributed by atoms with Crippen LogP contribution in [-0.4, -0.2) is 12.5 Å². The van der Waals surface area contributed by atoms with Crippen LogP contribution >= 0.6 is 11.3 Å². The molecule has 0 fully saturated rings. The topological polar surface area (TPSA) is 62.1 Å². The molecule has 1 aromatic heterocycles. The molecular formula is C21H24N2O2S. The zero-order valence-corrected chi connectivity index (χ0v) is 16.0. The van der Waals surface area contributed by atoms with Crippen LogP contribution in [0, 0.1) is 11.3 Å². The molecule has 4 nitrogen and oxygen atoms in total. The van der Waals surface area contributed by atoms with E-state index in [2.05, 4.69) is 18.3 Å². The molecule has 0 spiro atoms. The number of hydrogen-bond acceptors (Lipinski definition) is 4. The second kappa shape index (κ2) is 8.86. The van der Waals surface area contributed by atoms with E-state index in [0.717, 1.165) is 44.1 Å². The molecule has 0 bridgehead atoms. The fraction of sp³-hybridized carbons (Fsp3) is 0.429. The van der Waals surface area contributed by atoms with Crippen molar-refractivity contribution in [3.8, 4) is 11.8 Å². The van der Waals surface area contributed by atoms with Crippen LogP contribution < -0.4 is 10.1 Å². The van der Waals surface area contributed by atoms with E-state index in [-0.39, 0.29) is 12.5 Å². The molecule has 1 amide bonds. The zero-order valence-electron chi connectivity index (χ0n) is 15.1. The van der Waals surface area contributed by atoms with Crippen molar-refractivity contribution >= 4 is 22.2 Å². The first-order chi connectivity index (χ1) is 12.7. The highest BCUT2D eigenvalue weighted by Crippen LogP contribution is 2.36. The molecule has 1 heterocycles. The van der Waals surface area contributed by atoms with Crippen molar-refractivity contribution in [1.29, 1.82) is 5.26 Å². The van der Waals surface area contributed by atoms with Crippen molar-refractivity contribution in [2.45, 2.75) is 51.9 Å². The summed E-state index contributed by atoms with van der Waals surface area (Å²) < 4.78 is 5.58. The van der Waals surface area contributed by atoms with Gasteiger partial charge in [0.2, 0.25) is 0 Å². The van der Waals surface area contributed by atoms with Crippen LogP contribution in [0.3, 0.4) is 0 Å². The van der Waals surface area contributed by atoms with Crippen molar-refractivity contribution in [2.75, 3.05) is 11.9 Å². The average molecular weight is 369 g/mol. The summed E-state index contributed by atoms with van der Waals surface area (Å²) in [5, 5.41) is 13.1. The third kappa shape index (κ3) is 4.44. The Kier molecular flexibility index (Phi) is 6.30. The van der Waals surface area contributed by atoms with Gasteiger partial charge in [0.05, 0.1) is 5.56 Å². The number of aryl methyl sites for hydroxylation is 2. The van der Waals surface area contributed by atoms with Crippen LogP contribution in [0.2, 0.25) is 0 Å². The lowest BCUT2D eigenvalue weighted by Crippen LogP contribution is -2.20. The van der Waals surface area contributed by atoms with E-state index in [0.29, 0.717) is 16.3 Å². The molecule has 0 saturated carbocycles. The number of ether oxygens (including phenoxy) is 1. The molecule has 1 aliphatic rings. The van der Waals surface area contributed by atoms with Crippen LogP contribution in [0.5, 0.6) is 5.75 Å². The number of rotatable bonds is 6. The molecule has 136 valence electrons. The maximum Gasteiger partial charge on any atom is 0.262 e. The fourth-order valence-electron chi connectivity index (χ4n) is 3.30. The smallest absolute Gasteiger partial charge is 0.262 e. The lowest BCUT2D eigenvalue weighted by Gasteiger charge is -2.07. The number of nitrogens with one attached hydrogen (secondary N) is 1. The highest BCUT2D eigenvalue weighted by molar-refractivity contribution is 7.16. The molecule has 26 heavy (non-hydrogen) atoms. The van der Waals surface area contributed by atoms with Crippen LogP contribution in [0.25, 0.3) is 0 Å². The lowest BCUT2D eigenvalue weighted by molar-refractivity contribution is -0.118. The SMILES string of the molecule is CCCc1ccc(OCC(=O)Nc2sc3c(c2C#N)CCCCC3)cc1. The van der Waals surface area contributed by atoms with E-state index >= 15 is 0 Å². The number of fused-ring (bicyclic) bond motifs is 1. The Hall–Kier alpha value is -2.32. The number of benzene rings is 1. The molecule has 1 N–H and O–H groups in total. The summed E-state index contributed by atoms with van der Waals surface area (Å²) in [6.07, 6.45) is 7.57. The summed E-state index contributed by atoms with van der Waals surface area (Å²) in [5.74, 6) is 0.456. The largest absolute Gasteiger partial charge is 0.484 e. The number of hydrogen-bond donors (Lipinski definition) is 1. The van der Waals surface area contributed by atoms with Gasteiger partial charge in [0, 0.05) is 4.88 Å². The van der Waals surface area contributed by atoms with Gasteiger partial charge in [-0.15, -0.1) is 11.3 Å². The van der Waals surface area contributed by atoms with E-state index in [4.69, 9.17) is 4.74 Å². The van der Waals surface area contributed by atoms with Gasteiger partial charge in [-0.25, -0.2) is 0 Å². The molecule has 0 atom stereocenters. The van der Waals surface area contributed by atoms with Crippen molar-refractivity contribution in [3.05, 3.63) is 45.8 Å². The van der Waals surface area contributed by atoms with Gasteiger partial charge in [-0.2, -0.15) is 5.26 Å². The highest BCUT2D eigenvalue weighted by atomic mass is 32.1. The minimum Gasteiger partial charge on any atom is -0.484 e. The van der Waals surface area contributed by atoms with Crippen LogP contribution in [-0.2, 0) is 24.1 Å². The number of nitriles is 1. The molecule has 0 radical (unpaired) electrons. The first-order valence-electron chi connectivity index (χ1n) is 9.27. The Morgan fingerprint density at radius 1 is 1.23 bits per heavy atom.